The lowest BCUT2D eigenvalue weighted by atomic mass is 9.98. The first-order valence-corrected chi connectivity index (χ1v) is 10.5. The molecule has 2 atom stereocenters. The molecule has 3 aromatic carbocycles. The third kappa shape index (κ3) is 6.27. The van der Waals surface area contributed by atoms with Gasteiger partial charge in [0, 0.05) is 18.7 Å². The molecule has 5 heteroatoms. The van der Waals surface area contributed by atoms with Gasteiger partial charge in [-0.3, -0.25) is 14.9 Å². The molecule has 0 spiro atoms. The van der Waals surface area contributed by atoms with Crippen molar-refractivity contribution in [3.8, 4) is 0 Å². The van der Waals surface area contributed by atoms with Gasteiger partial charge in [-0.2, -0.15) is 0 Å². The van der Waals surface area contributed by atoms with Crippen LogP contribution in [0.3, 0.4) is 0 Å². The third-order valence-corrected chi connectivity index (χ3v) is 5.15. The van der Waals surface area contributed by atoms with Crippen molar-refractivity contribution in [3.63, 3.8) is 0 Å². The van der Waals surface area contributed by atoms with Crippen molar-refractivity contribution in [1.29, 1.82) is 0 Å². The molecule has 31 heavy (non-hydrogen) atoms. The van der Waals surface area contributed by atoms with E-state index in [1.807, 2.05) is 98.8 Å². The maximum absolute atomic E-state index is 13.0. The molecule has 3 rings (SSSR count). The van der Waals surface area contributed by atoms with Crippen molar-refractivity contribution < 1.29 is 9.59 Å². The molecule has 0 aliphatic carbocycles. The molecular formula is C26H29N3O2. The summed E-state index contributed by atoms with van der Waals surface area (Å²) >= 11 is 0. The minimum absolute atomic E-state index is 0.0682. The van der Waals surface area contributed by atoms with Crippen LogP contribution in [0, 0.1) is 0 Å². The third-order valence-electron chi connectivity index (χ3n) is 5.15. The standard InChI is InChI=1S/C26H29N3O2/c1-18(23-15-10-16-24(17-23)28-20(3)30)27-19(2)26(31)29-25(21-11-6-4-7-12-21)22-13-8-5-9-14-22/h4-19,25,27H,1-3H3,(H,28,30)(H,29,31). The van der Waals surface area contributed by atoms with E-state index in [1.165, 1.54) is 6.92 Å². The maximum atomic E-state index is 13.0. The molecule has 2 unspecified atom stereocenters. The minimum Gasteiger partial charge on any atom is -0.344 e. The Morgan fingerprint density at radius 1 is 0.742 bits per heavy atom. The Kier molecular flexibility index (Phi) is 7.57. The molecular weight excluding hydrogens is 386 g/mol. The predicted molar refractivity (Wildman–Crippen MR) is 125 cm³/mol. The number of hydrogen-bond donors (Lipinski definition) is 3. The van der Waals surface area contributed by atoms with E-state index in [1.54, 1.807) is 0 Å². The Labute approximate surface area is 183 Å². The highest BCUT2D eigenvalue weighted by molar-refractivity contribution is 5.88. The van der Waals surface area contributed by atoms with Crippen molar-refractivity contribution in [2.45, 2.75) is 38.9 Å². The number of amides is 2. The molecule has 0 saturated heterocycles. The second-order valence-corrected chi connectivity index (χ2v) is 7.68. The van der Waals surface area contributed by atoms with E-state index < -0.39 is 6.04 Å². The lowest BCUT2D eigenvalue weighted by Gasteiger charge is -2.25. The lowest BCUT2D eigenvalue weighted by molar-refractivity contribution is -0.123. The highest BCUT2D eigenvalue weighted by Crippen LogP contribution is 2.22. The van der Waals surface area contributed by atoms with Crippen LogP contribution >= 0.6 is 0 Å². The normalized spacial score (nSPS) is 12.8. The van der Waals surface area contributed by atoms with Crippen LogP contribution in [0.5, 0.6) is 0 Å². The first-order chi connectivity index (χ1) is 14.9. The van der Waals surface area contributed by atoms with Crippen LogP contribution in [0.1, 0.15) is 49.5 Å². The molecule has 0 aliphatic heterocycles. The number of nitrogens with one attached hydrogen (secondary N) is 3. The van der Waals surface area contributed by atoms with Gasteiger partial charge in [-0.25, -0.2) is 0 Å². The van der Waals surface area contributed by atoms with Crippen molar-refractivity contribution >= 4 is 17.5 Å². The Morgan fingerprint density at radius 3 is 1.84 bits per heavy atom. The number of carbonyl (C=O) groups excluding carboxylic acids is 2. The van der Waals surface area contributed by atoms with Gasteiger partial charge in [0.05, 0.1) is 12.1 Å². The second kappa shape index (κ2) is 10.5. The van der Waals surface area contributed by atoms with Gasteiger partial charge in [0.15, 0.2) is 0 Å². The van der Waals surface area contributed by atoms with Crippen molar-refractivity contribution in [1.82, 2.24) is 10.6 Å². The van der Waals surface area contributed by atoms with Crippen molar-refractivity contribution in [2.24, 2.45) is 0 Å². The Balaban J connectivity index is 1.70. The van der Waals surface area contributed by atoms with Gasteiger partial charge in [0.2, 0.25) is 11.8 Å². The molecule has 0 fully saturated rings. The van der Waals surface area contributed by atoms with Gasteiger partial charge in [-0.1, -0.05) is 72.8 Å². The van der Waals surface area contributed by atoms with Crippen LogP contribution in [0.4, 0.5) is 5.69 Å². The van der Waals surface area contributed by atoms with Crippen molar-refractivity contribution in [3.05, 3.63) is 102 Å². The average molecular weight is 416 g/mol. The summed E-state index contributed by atoms with van der Waals surface area (Å²) in [5.41, 5.74) is 3.80. The fourth-order valence-corrected chi connectivity index (χ4v) is 3.55. The highest BCUT2D eigenvalue weighted by Gasteiger charge is 2.22. The largest absolute Gasteiger partial charge is 0.344 e. The fourth-order valence-electron chi connectivity index (χ4n) is 3.55. The summed E-state index contributed by atoms with van der Waals surface area (Å²) < 4.78 is 0. The molecule has 0 aromatic heterocycles. The van der Waals surface area contributed by atoms with E-state index >= 15 is 0 Å². The molecule has 0 heterocycles. The summed E-state index contributed by atoms with van der Waals surface area (Å²) in [6, 6.07) is 26.8. The molecule has 3 aromatic rings. The molecule has 5 nitrogen and oxygen atoms in total. The minimum atomic E-state index is -0.408. The maximum Gasteiger partial charge on any atom is 0.237 e. The zero-order valence-electron chi connectivity index (χ0n) is 18.1. The highest BCUT2D eigenvalue weighted by atomic mass is 16.2. The summed E-state index contributed by atoms with van der Waals surface area (Å²) in [4.78, 5) is 24.4. The molecule has 0 aliphatic rings. The zero-order chi connectivity index (χ0) is 22.2. The molecule has 0 bridgehead atoms. The van der Waals surface area contributed by atoms with E-state index in [9.17, 15) is 9.59 Å². The van der Waals surface area contributed by atoms with Gasteiger partial charge >= 0.3 is 0 Å². The Bertz CT molecular complexity index is 966. The predicted octanol–water partition coefficient (Wildman–Crippen LogP) is 4.59. The van der Waals surface area contributed by atoms with Crippen LogP contribution in [-0.4, -0.2) is 17.9 Å². The van der Waals surface area contributed by atoms with Crippen LogP contribution in [-0.2, 0) is 9.59 Å². The average Bonchev–Trinajstić information content (AvgIpc) is 2.78. The molecule has 0 radical (unpaired) electrons. The molecule has 0 saturated carbocycles. The summed E-state index contributed by atoms with van der Waals surface area (Å²) in [6.45, 7) is 5.34. The van der Waals surface area contributed by atoms with Gasteiger partial charge in [-0.05, 0) is 42.7 Å². The van der Waals surface area contributed by atoms with E-state index in [0.29, 0.717) is 0 Å². The number of rotatable bonds is 8. The summed E-state index contributed by atoms with van der Waals surface area (Å²) in [6.07, 6.45) is 0. The number of anilines is 1. The second-order valence-electron chi connectivity index (χ2n) is 7.68. The zero-order valence-corrected chi connectivity index (χ0v) is 18.1. The van der Waals surface area contributed by atoms with Gasteiger partial charge in [-0.15, -0.1) is 0 Å². The summed E-state index contributed by atoms with van der Waals surface area (Å²) in [5, 5.41) is 9.34. The first-order valence-electron chi connectivity index (χ1n) is 10.5. The monoisotopic (exact) mass is 415 g/mol. The SMILES string of the molecule is CC(=O)Nc1cccc(C(C)NC(C)C(=O)NC(c2ccccc2)c2ccccc2)c1. The van der Waals surface area contributed by atoms with Gasteiger partial charge < -0.3 is 10.6 Å². The van der Waals surface area contributed by atoms with Gasteiger partial charge in [0.25, 0.3) is 0 Å². The molecule has 3 N–H and O–H groups in total. The van der Waals surface area contributed by atoms with Crippen molar-refractivity contribution in [2.75, 3.05) is 5.32 Å². The molecule has 2 amide bonds. The lowest BCUT2D eigenvalue weighted by Crippen LogP contribution is -2.44. The smallest absolute Gasteiger partial charge is 0.237 e. The number of hydrogen-bond acceptors (Lipinski definition) is 3. The van der Waals surface area contributed by atoms with Crippen LogP contribution < -0.4 is 16.0 Å². The number of benzene rings is 3. The Hall–Kier alpha value is -3.44. The van der Waals surface area contributed by atoms with Crippen LogP contribution in [0.15, 0.2) is 84.9 Å². The number of carbonyl (C=O) groups is 2. The molecule has 160 valence electrons. The van der Waals surface area contributed by atoms with E-state index in [-0.39, 0.29) is 23.9 Å². The van der Waals surface area contributed by atoms with E-state index in [2.05, 4.69) is 16.0 Å². The summed E-state index contributed by atoms with van der Waals surface area (Å²) in [5.74, 6) is -0.194. The van der Waals surface area contributed by atoms with Gasteiger partial charge in [0.1, 0.15) is 0 Å². The van der Waals surface area contributed by atoms with E-state index in [0.717, 1.165) is 22.4 Å². The quantitative estimate of drug-likeness (QED) is 0.504. The Morgan fingerprint density at radius 2 is 1.29 bits per heavy atom. The summed E-state index contributed by atoms with van der Waals surface area (Å²) in [7, 11) is 0. The topological polar surface area (TPSA) is 70.2 Å². The fraction of sp³-hybridized carbons (Fsp3) is 0.231. The first kappa shape index (κ1) is 22.2. The van der Waals surface area contributed by atoms with Crippen LogP contribution in [0.2, 0.25) is 0 Å². The van der Waals surface area contributed by atoms with Crippen LogP contribution in [0.25, 0.3) is 0 Å². The van der Waals surface area contributed by atoms with E-state index in [4.69, 9.17) is 0 Å².